The molecule has 0 saturated heterocycles. The molecule has 0 amide bonds. The summed E-state index contributed by atoms with van der Waals surface area (Å²) in [5.41, 5.74) is 1.88. The van der Waals surface area contributed by atoms with E-state index >= 15 is 0 Å². The molecule has 0 heterocycles. The molecule has 0 spiro atoms. The maximum absolute atomic E-state index is 13.4. The fraction of sp³-hybridized carbons (Fsp3) is 0.143. The van der Waals surface area contributed by atoms with E-state index in [9.17, 15) is 8.78 Å². The van der Waals surface area contributed by atoms with E-state index in [0.29, 0.717) is 11.1 Å². The summed E-state index contributed by atoms with van der Waals surface area (Å²) in [5.74, 6) is -0.672. The van der Waals surface area contributed by atoms with Gasteiger partial charge in [0.05, 0.1) is 0 Å². The monoisotopic (exact) mass is 234 g/mol. The molecule has 0 aliphatic heterocycles. The zero-order valence-corrected chi connectivity index (χ0v) is 9.16. The minimum Gasteiger partial charge on any atom is -0.396 e. The topological polar surface area (TPSA) is 20.2 Å². The molecule has 0 atom stereocenters. The maximum Gasteiger partial charge on any atom is 0.126 e. The van der Waals surface area contributed by atoms with Crippen molar-refractivity contribution in [3.05, 3.63) is 59.7 Å². The molecule has 0 aliphatic rings. The van der Waals surface area contributed by atoms with Crippen LogP contribution in [0.15, 0.2) is 42.5 Å². The second-order valence-electron chi connectivity index (χ2n) is 3.79. The van der Waals surface area contributed by atoms with Gasteiger partial charge in [-0.3, -0.25) is 0 Å². The first-order valence-electron chi connectivity index (χ1n) is 5.36. The molecule has 17 heavy (non-hydrogen) atoms. The van der Waals surface area contributed by atoms with Crippen molar-refractivity contribution in [3.63, 3.8) is 0 Å². The van der Waals surface area contributed by atoms with Gasteiger partial charge in [-0.05, 0) is 47.4 Å². The standard InChI is InChI=1S/C14H12F2O/c15-13-3-1-2-10(9-13)11-4-5-14(16)12(8-11)6-7-17/h1-5,8-9,17H,6-7H2. The van der Waals surface area contributed by atoms with E-state index < -0.39 is 0 Å². The molecule has 2 aromatic rings. The van der Waals surface area contributed by atoms with Crippen LogP contribution in [0.25, 0.3) is 11.1 Å². The molecule has 88 valence electrons. The Balaban J connectivity index is 2.42. The average molecular weight is 234 g/mol. The Bertz CT molecular complexity index is 523. The van der Waals surface area contributed by atoms with Crippen molar-refractivity contribution in [1.29, 1.82) is 0 Å². The Labute approximate surface area is 98.3 Å². The third-order valence-electron chi connectivity index (χ3n) is 2.58. The van der Waals surface area contributed by atoms with Gasteiger partial charge >= 0.3 is 0 Å². The van der Waals surface area contributed by atoms with E-state index in [4.69, 9.17) is 5.11 Å². The number of benzene rings is 2. The van der Waals surface area contributed by atoms with Crippen molar-refractivity contribution < 1.29 is 13.9 Å². The average Bonchev–Trinajstić information content (AvgIpc) is 2.32. The fourth-order valence-corrected chi connectivity index (χ4v) is 1.73. The summed E-state index contributed by atoms with van der Waals surface area (Å²) in [4.78, 5) is 0. The Hall–Kier alpha value is -1.74. The molecule has 0 aliphatic carbocycles. The summed E-state index contributed by atoms with van der Waals surface area (Å²) in [6, 6.07) is 10.7. The van der Waals surface area contributed by atoms with Crippen molar-refractivity contribution in [2.75, 3.05) is 6.61 Å². The highest BCUT2D eigenvalue weighted by Crippen LogP contribution is 2.23. The quantitative estimate of drug-likeness (QED) is 0.864. The van der Waals surface area contributed by atoms with Crippen molar-refractivity contribution >= 4 is 0 Å². The summed E-state index contributed by atoms with van der Waals surface area (Å²) >= 11 is 0. The van der Waals surface area contributed by atoms with Crippen LogP contribution >= 0.6 is 0 Å². The maximum atomic E-state index is 13.4. The molecule has 3 heteroatoms. The Morgan fingerprint density at radius 3 is 2.41 bits per heavy atom. The van der Waals surface area contributed by atoms with E-state index in [-0.39, 0.29) is 24.7 Å². The van der Waals surface area contributed by atoms with Gasteiger partial charge in [0.15, 0.2) is 0 Å². The third kappa shape index (κ3) is 2.68. The number of rotatable bonds is 3. The molecule has 2 aromatic carbocycles. The Kier molecular flexibility index (Phi) is 3.49. The van der Waals surface area contributed by atoms with Crippen molar-refractivity contribution in [3.8, 4) is 11.1 Å². The molecule has 0 bridgehead atoms. The van der Waals surface area contributed by atoms with Crippen LogP contribution in [0.2, 0.25) is 0 Å². The zero-order chi connectivity index (χ0) is 12.3. The summed E-state index contributed by atoms with van der Waals surface area (Å²) in [6.07, 6.45) is 0.259. The Morgan fingerprint density at radius 1 is 0.941 bits per heavy atom. The van der Waals surface area contributed by atoms with Crippen LogP contribution in [-0.4, -0.2) is 11.7 Å². The van der Waals surface area contributed by atoms with Crippen LogP contribution in [0.1, 0.15) is 5.56 Å². The van der Waals surface area contributed by atoms with Crippen molar-refractivity contribution in [2.45, 2.75) is 6.42 Å². The van der Waals surface area contributed by atoms with E-state index in [1.54, 1.807) is 24.3 Å². The lowest BCUT2D eigenvalue weighted by atomic mass is 10.0. The molecular formula is C14H12F2O. The highest BCUT2D eigenvalue weighted by atomic mass is 19.1. The number of hydrogen-bond donors (Lipinski definition) is 1. The largest absolute Gasteiger partial charge is 0.396 e. The second-order valence-corrected chi connectivity index (χ2v) is 3.79. The van der Waals surface area contributed by atoms with Gasteiger partial charge in [-0.2, -0.15) is 0 Å². The first kappa shape index (κ1) is 11.7. The van der Waals surface area contributed by atoms with Gasteiger partial charge < -0.3 is 5.11 Å². The molecule has 0 fully saturated rings. The predicted molar refractivity (Wildman–Crippen MR) is 62.6 cm³/mol. The summed E-state index contributed by atoms with van der Waals surface area (Å²) < 4.78 is 26.4. The predicted octanol–water partition coefficient (Wildman–Crippen LogP) is 3.17. The Morgan fingerprint density at radius 2 is 1.71 bits per heavy atom. The van der Waals surface area contributed by atoms with Crippen LogP contribution in [0.3, 0.4) is 0 Å². The second kappa shape index (κ2) is 5.06. The van der Waals surface area contributed by atoms with Gasteiger partial charge in [-0.1, -0.05) is 18.2 Å². The summed E-state index contributed by atoms with van der Waals surface area (Å²) in [5, 5.41) is 8.82. The number of aliphatic hydroxyl groups excluding tert-OH is 1. The van der Waals surface area contributed by atoms with Crippen LogP contribution in [0, 0.1) is 11.6 Å². The van der Waals surface area contributed by atoms with Gasteiger partial charge in [-0.15, -0.1) is 0 Å². The minimum atomic E-state index is -0.348. The first-order valence-corrected chi connectivity index (χ1v) is 5.36. The SMILES string of the molecule is OCCc1cc(-c2cccc(F)c2)ccc1F. The zero-order valence-electron chi connectivity index (χ0n) is 9.16. The number of halogens is 2. The molecule has 2 rings (SSSR count). The van der Waals surface area contributed by atoms with Gasteiger partial charge in [0, 0.05) is 6.61 Å². The molecule has 0 radical (unpaired) electrons. The van der Waals surface area contributed by atoms with Gasteiger partial charge in [-0.25, -0.2) is 8.78 Å². The van der Waals surface area contributed by atoms with E-state index in [1.807, 2.05) is 0 Å². The van der Waals surface area contributed by atoms with Gasteiger partial charge in [0.25, 0.3) is 0 Å². The lowest BCUT2D eigenvalue weighted by Crippen LogP contribution is -1.95. The van der Waals surface area contributed by atoms with Gasteiger partial charge in [0.2, 0.25) is 0 Å². The smallest absolute Gasteiger partial charge is 0.126 e. The third-order valence-corrected chi connectivity index (χ3v) is 2.58. The lowest BCUT2D eigenvalue weighted by Gasteiger charge is -2.06. The number of hydrogen-bond acceptors (Lipinski definition) is 1. The highest BCUT2D eigenvalue weighted by molar-refractivity contribution is 5.64. The lowest BCUT2D eigenvalue weighted by molar-refractivity contribution is 0.297. The first-order chi connectivity index (χ1) is 8.20. The summed E-state index contributed by atoms with van der Waals surface area (Å²) in [7, 11) is 0. The highest BCUT2D eigenvalue weighted by Gasteiger charge is 2.05. The fourth-order valence-electron chi connectivity index (χ4n) is 1.73. The van der Waals surface area contributed by atoms with Crippen molar-refractivity contribution in [2.24, 2.45) is 0 Å². The van der Waals surface area contributed by atoms with Crippen molar-refractivity contribution in [1.82, 2.24) is 0 Å². The molecule has 1 nitrogen and oxygen atoms in total. The van der Waals surface area contributed by atoms with E-state index in [2.05, 4.69) is 0 Å². The van der Waals surface area contributed by atoms with E-state index in [0.717, 1.165) is 5.56 Å². The minimum absolute atomic E-state index is 0.108. The van der Waals surface area contributed by atoms with Crippen LogP contribution in [-0.2, 0) is 6.42 Å². The molecule has 0 aromatic heterocycles. The van der Waals surface area contributed by atoms with Gasteiger partial charge in [0.1, 0.15) is 11.6 Å². The van der Waals surface area contributed by atoms with Crippen LogP contribution in [0.4, 0.5) is 8.78 Å². The number of aliphatic hydroxyl groups is 1. The summed E-state index contributed by atoms with van der Waals surface area (Å²) in [6.45, 7) is -0.108. The van der Waals surface area contributed by atoms with Crippen LogP contribution < -0.4 is 0 Å². The van der Waals surface area contributed by atoms with E-state index in [1.165, 1.54) is 18.2 Å². The molecular weight excluding hydrogens is 222 g/mol. The normalized spacial score (nSPS) is 10.5. The molecule has 0 saturated carbocycles. The molecule has 0 unspecified atom stereocenters. The van der Waals surface area contributed by atoms with Crippen LogP contribution in [0.5, 0.6) is 0 Å². The molecule has 1 N–H and O–H groups in total.